The number of carbonyl (C=O) groups is 1. The molecule has 0 aromatic heterocycles. The van der Waals surface area contributed by atoms with Crippen LogP contribution in [-0.2, 0) is 4.79 Å². The van der Waals surface area contributed by atoms with Crippen LogP contribution in [0.1, 0.15) is 32.6 Å². The van der Waals surface area contributed by atoms with Gasteiger partial charge in [-0.25, -0.2) is 0 Å². The fourth-order valence-corrected chi connectivity index (χ4v) is 2.46. The first-order valence-electron chi connectivity index (χ1n) is 6.12. The molecule has 1 aromatic rings. The minimum atomic E-state index is -0.0702. The minimum absolute atomic E-state index is 0.0702. The van der Waals surface area contributed by atoms with Gasteiger partial charge in [0.05, 0.1) is 5.92 Å². The van der Waals surface area contributed by atoms with Crippen molar-refractivity contribution in [2.45, 2.75) is 32.6 Å². The van der Waals surface area contributed by atoms with Crippen molar-refractivity contribution in [3.63, 3.8) is 0 Å². The second kappa shape index (κ2) is 5.67. The molecule has 1 aliphatic rings. The lowest BCUT2D eigenvalue weighted by atomic mass is 9.83. The van der Waals surface area contributed by atoms with Crippen LogP contribution in [0.2, 0.25) is 0 Å². The summed E-state index contributed by atoms with van der Waals surface area (Å²) in [4.78, 5) is 11.9. The van der Waals surface area contributed by atoms with E-state index in [2.05, 4.69) is 22.9 Å². The van der Waals surface area contributed by atoms with E-state index in [1.807, 2.05) is 24.3 Å². The first-order valence-corrected chi connectivity index (χ1v) is 6.91. The molecule has 0 bridgehead atoms. The third kappa shape index (κ3) is 3.56. The molecule has 0 spiro atoms. The van der Waals surface area contributed by atoms with Gasteiger partial charge in [-0.3, -0.25) is 4.79 Å². The summed E-state index contributed by atoms with van der Waals surface area (Å²) in [7, 11) is 0. The lowest BCUT2D eigenvalue weighted by Gasteiger charge is -2.24. The molecular formula is C14H17BrO2. The van der Waals surface area contributed by atoms with Crippen LogP contribution in [0.3, 0.4) is 0 Å². The highest BCUT2D eigenvalue weighted by molar-refractivity contribution is 9.10. The smallest absolute Gasteiger partial charge is 0.314 e. The van der Waals surface area contributed by atoms with Crippen molar-refractivity contribution < 1.29 is 9.53 Å². The maximum Gasteiger partial charge on any atom is 0.314 e. The van der Waals surface area contributed by atoms with Crippen molar-refractivity contribution in [2.24, 2.45) is 11.8 Å². The second-order valence-corrected chi connectivity index (χ2v) is 5.75. The minimum Gasteiger partial charge on any atom is -0.426 e. The fraction of sp³-hybridized carbons (Fsp3) is 0.500. The Bertz CT molecular complexity index is 378. The summed E-state index contributed by atoms with van der Waals surface area (Å²) in [6.07, 6.45) is 4.22. The van der Waals surface area contributed by atoms with E-state index >= 15 is 0 Å². The summed E-state index contributed by atoms with van der Waals surface area (Å²) in [6.45, 7) is 2.25. The summed E-state index contributed by atoms with van der Waals surface area (Å²) >= 11 is 3.35. The predicted molar refractivity (Wildman–Crippen MR) is 70.9 cm³/mol. The molecule has 2 rings (SSSR count). The van der Waals surface area contributed by atoms with E-state index in [4.69, 9.17) is 4.74 Å². The highest BCUT2D eigenvalue weighted by Crippen LogP contribution is 2.29. The van der Waals surface area contributed by atoms with Gasteiger partial charge in [-0.1, -0.05) is 22.9 Å². The van der Waals surface area contributed by atoms with Crippen LogP contribution in [0.5, 0.6) is 5.75 Å². The number of benzene rings is 1. The van der Waals surface area contributed by atoms with Crippen LogP contribution < -0.4 is 4.74 Å². The summed E-state index contributed by atoms with van der Waals surface area (Å²) in [6, 6.07) is 7.39. The zero-order chi connectivity index (χ0) is 12.3. The van der Waals surface area contributed by atoms with E-state index in [9.17, 15) is 4.79 Å². The predicted octanol–water partition coefficient (Wildman–Crippen LogP) is 4.18. The van der Waals surface area contributed by atoms with Crippen molar-refractivity contribution in [3.8, 4) is 5.75 Å². The molecule has 2 nitrogen and oxygen atoms in total. The van der Waals surface area contributed by atoms with Gasteiger partial charge in [0.25, 0.3) is 0 Å². The Morgan fingerprint density at radius 2 is 1.76 bits per heavy atom. The first kappa shape index (κ1) is 12.6. The topological polar surface area (TPSA) is 26.3 Å². The highest BCUT2D eigenvalue weighted by Gasteiger charge is 2.25. The SMILES string of the molecule is CC1CCC(C(=O)Oc2ccc(Br)cc2)CC1. The van der Waals surface area contributed by atoms with Gasteiger partial charge in [0.1, 0.15) is 5.75 Å². The average molecular weight is 297 g/mol. The largest absolute Gasteiger partial charge is 0.426 e. The molecule has 1 saturated carbocycles. The van der Waals surface area contributed by atoms with Gasteiger partial charge in [-0.05, 0) is 55.9 Å². The lowest BCUT2D eigenvalue weighted by Crippen LogP contribution is -2.24. The van der Waals surface area contributed by atoms with E-state index in [1.54, 1.807) is 0 Å². The van der Waals surface area contributed by atoms with Crippen molar-refractivity contribution in [2.75, 3.05) is 0 Å². The summed E-state index contributed by atoms with van der Waals surface area (Å²) in [5, 5.41) is 0. The van der Waals surface area contributed by atoms with E-state index in [0.29, 0.717) is 5.75 Å². The van der Waals surface area contributed by atoms with Crippen LogP contribution in [-0.4, -0.2) is 5.97 Å². The molecular weight excluding hydrogens is 280 g/mol. The molecule has 0 saturated heterocycles. The van der Waals surface area contributed by atoms with E-state index in [-0.39, 0.29) is 11.9 Å². The number of halogens is 1. The van der Waals surface area contributed by atoms with Gasteiger partial charge < -0.3 is 4.74 Å². The molecule has 1 aliphatic carbocycles. The van der Waals surface area contributed by atoms with Crippen LogP contribution in [0, 0.1) is 11.8 Å². The van der Waals surface area contributed by atoms with E-state index in [0.717, 1.165) is 36.1 Å². The number of hydrogen-bond donors (Lipinski definition) is 0. The van der Waals surface area contributed by atoms with Gasteiger partial charge in [0, 0.05) is 4.47 Å². The molecule has 0 radical (unpaired) electrons. The molecule has 0 heterocycles. The maximum absolute atomic E-state index is 11.9. The Morgan fingerprint density at radius 3 is 2.35 bits per heavy atom. The molecule has 3 heteroatoms. The van der Waals surface area contributed by atoms with Crippen molar-refractivity contribution in [3.05, 3.63) is 28.7 Å². The zero-order valence-electron chi connectivity index (χ0n) is 9.99. The van der Waals surface area contributed by atoms with E-state index < -0.39 is 0 Å². The summed E-state index contributed by atoms with van der Waals surface area (Å²) in [5.74, 6) is 1.41. The molecule has 17 heavy (non-hydrogen) atoms. The third-order valence-corrected chi connectivity index (χ3v) is 3.91. The third-order valence-electron chi connectivity index (χ3n) is 3.38. The van der Waals surface area contributed by atoms with Gasteiger partial charge >= 0.3 is 5.97 Å². The van der Waals surface area contributed by atoms with Crippen LogP contribution >= 0.6 is 15.9 Å². The maximum atomic E-state index is 11.9. The average Bonchev–Trinajstić information content (AvgIpc) is 2.33. The van der Waals surface area contributed by atoms with Crippen LogP contribution in [0.4, 0.5) is 0 Å². The zero-order valence-corrected chi connectivity index (χ0v) is 11.6. The molecule has 92 valence electrons. The normalized spacial score (nSPS) is 24.4. The van der Waals surface area contributed by atoms with Crippen LogP contribution in [0.25, 0.3) is 0 Å². The standard InChI is InChI=1S/C14H17BrO2/c1-10-2-4-11(5-3-10)14(16)17-13-8-6-12(15)7-9-13/h6-11H,2-5H2,1H3. The molecule has 0 atom stereocenters. The highest BCUT2D eigenvalue weighted by atomic mass is 79.9. The molecule has 0 N–H and O–H groups in total. The van der Waals surface area contributed by atoms with Gasteiger partial charge in [0.15, 0.2) is 0 Å². The second-order valence-electron chi connectivity index (χ2n) is 4.83. The molecule has 1 aromatic carbocycles. The van der Waals surface area contributed by atoms with Crippen molar-refractivity contribution in [1.29, 1.82) is 0 Å². The Labute approximate surface area is 110 Å². The number of carbonyl (C=O) groups excluding carboxylic acids is 1. The Kier molecular flexibility index (Phi) is 4.21. The first-order chi connectivity index (χ1) is 8.15. The molecule has 0 unspecified atom stereocenters. The monoisotopic (exact) mass is 296 g/mol. The van der Waals surface area contributed by atoms with Crippen molar-refractivity contribution in [1.82, 2.24) is 0 Å². The van der Waals surface area contributed by atoms with Crippen molar-refractivity contribution >= 4 is 21.9 Å². The summed E-state index contributed by atoms with van der Waals surface area (Å²) in [5.41, 5.74) is 0. The van der Waals surface area contributed by atoms with Gasteiger partial charge in [0.2, 0.25) is 0 Å². The Hall–Kier alpha value is -0.830. The molecule has 0 aliphatic heterocycles. The molecule has 0 amide bonds. The number of ether oxygens (including phenoxy) is 1. The van der Waals surface area contributed by atoms with Gasteiger partial charge in [-0.15, -0.1) is 0 Å². The van der Waals surface area contributed by atoms with E-state index in [1.165, 1.54) is 0 Å². The Balaban J connectivity index is 1.90. The fourth-order valence-electron chi connectivity index (χ4n) is 2.20. The lowest BCUT2D eigenvalue weighted by molar-refractivity contribution is -0.140. The van der Waals surface area contributed by atoms with Gasteiger partial charge in [-0.2, -0.15) is 0 Å². The van der Waals surface area contributed by atoms with Crippen LogP contribution in [0.15, 0.2) is 28.7 Å². The number of esters is 1. The quantitative estimate of drug-likeness (QED) is 0.604. The molecule has 1 fully saturated rings. The Morgan fingerprint density at radius 1 is 1.18 bits per heavy atom. The summed E-state index contributed by atoms with van der Waals surface area (Å²) < 4.78 is 6.37. The number of rotatable bonds is 2. The number of hydrogen-bond acceptors (Lipinski definition) is 2.